The molecule has 0 saturated carbocycles. The third-order valence-electron chi connectivity index (χ3n) is 3.28. The molecule has 3 rings (SSSR count). The van der Waals surface area contributed by atoms with Crippen molar-refractivity contribution in [1.82, 2.24) is 0 Å². The van der Waals surface area contributed by atoms with E-state index >= 15 is 0 Å². The topological polar surface area (TPSA) is 30.2 Å². The summed E-state index contributed by atoms with van der Waals surface area (Å²) in [6, 6.07) is 9.21. The molecule has 0 bridgehead atoms. The molecule has 5 heteroatoms. The van der Waals surface area contributed by atoms with Gasteiger partial charge in [0.15, 0.2) is 5.76 Å². The van der Waals surface area contributed by atoms with Crippen LogP contribution in [0, 0.1) is 12.7 Å². The molecule has 3 aromatic rings. The maximum atomic E-state index is 13.2. The van der Waals surface area contributed by atoms with Crippen LogP contribution in [0.2, 0.25) is 5.02 Å². The molecule has 1 aromatic heterocycles. The lowest BCUT2D eigenvalue weighted by Gasteiger charge is -2.02. The minimum atomic E-state index is -0.406. The molecule has 0 amide bonds. The van der Waals surface area contributed by atoms with Crippen LogP contribution in [0.4, 0.5) is 4.39 Å². The fourth-order valence-electron chi connectivity index (χ4n) is 2.21. The van der Waals surface area contributed by atoms with Gasteiger partial charge in [-0.1, -0.05) is 27.5 Å². The number of carbonyl (C=O) groups is 1. The van der Waals surface area contributed by atoms with E-state index in [4.69, 9.17) is 16.0 Å². The zero-order valence-electron chi connectivity index (χ0n) is 10.9. The van der Waals surface area contributed by atoms with E-state index in [9.17, 15) is 9.18 Å². The summed E-state index contributed by atoms with van der Waals surface area (Å²) in [5, 5.41) is 1.05. The summed E-state index contributed by atoms with van der Waals surface area (Å²) in [6.07, 6.45) is 0. The smallest absolute Gasteiger partial charge is 0.229 e. The quantitative estimate of drug-likeness (QED) is 0.558. The van der Waals surface area contributed by atoms with Crippen LogP contribution in [0.1, 0.15) is 21.7 Å². The number of furan rings is 1. The summed E-state index contributed by atoms with van der Waals surface area (Å²) in [4.78, 5) is 12.6. The predicted molar refractivity (Wildman–Crippen MR) is 83.5 cm³/mol. The van der Waals surface area contributed by atoms with E-state index in [2.05, 4.69) is 15.9 Å². The van der Waals surface area contributed by atoms with E-state index in [1.165, 1.54) is 12.1 Å². The first kappa shape index (κ1) is 14.3. The van der Waals surface area contributed by atoms with Crippen LogP contribution < -0.4 is 0 Å². The molecular formula is C16H9BrClFO2. The van der Waals surface area contributed by atoms with Crippen LogP contribution >= 0.6 is 27.5 Å². The number of carbonyl (C=O) groups excluding carboxylic acids is 1. The molecule has 0 fully saturated rings. The fourth-order valence-corrected chi connectivity index (χ4v) is 2.97. The summed E-state index contributed by atoms with van der Waals surface area (Å²) >= 11 is 9.39. The minimum Gasteiger partial charge on any atom is -0.452 e. The number of hydrogen-bond donors (Lipinski definition) is 0. The Kier molecular flexibility index (Phi) is 3.59. The van der Waals surface area contributed by atoms with E-state index < -0.39 is 5.82 Å². The Bertz CT molecular complexity index is 870. The fraction of sp³-hybridized carbons (Fsp3) is 0.0625. The third-order valence-corrected chi connectivity index (χ3v) is 4.09. The number of aryl methyl sites for hydroxylation is 1. The molecule has 0 aliphatic rings. The Labute approximate surface area is 133 Å². The Morgan fingerprint density at radius 2 is 2.00 bits per heavy atom. The molecule has 0 unspecified atom stereocenters. The van der Waals surface area contributed by atoms with E-state index in [1.54, 1.807) is 31.2 Å². The molecule has 21 heavy (non-hydrogen) atoms. The molecule has 0 N–H and O–H groups in total. The lowest BCUT2D eigenvalue weighted by atomic mass is 10.0. The van der Waals surface area contributed by atoms with E-state index in [-0.39, 0.29) is 11.5 Å². The molecule has 0 atom stereocenters. The lowest BCUT2D eigenvalue weighted by molar-refractivity contribution is 0.101. The highest BCUT2D eigenvalue weighted by Crippen LogP contribution is 2.30. The van der Waals surface area contributed by atoms with Crippen LogP contribution in [0.15, 0.2) is 45.3 Å². The van der Waals surface area contributed by atoms with Gasteiger partial charge < -0.3 is 4.42 Å². The van der Waals surface area contributed by atoms with Crippen molar-refractivity contribution in [3.8, 4) is 0 Å². The summed E-state index contributed by atoms with van der Waals surface area (Å²) in [6.45, 7) is 1.77. The lowest BCUT2D eigenvalue weighted by Crippen LogP contribution is -2.02. The van der Waals surface area contributed by atoms with Gasteiger partial charge in [-0.3, -0.25) is 4.79 Å². The second kappa shape index (κ2) is 5.28. The maximum absolute atomic E-state index is 13.2. The number of rotatable bonds is 2. The number of fused-ring (bicyclic) bond motifs is 1. The van der Waals surface area contributed by atoms with Gasteiger partial charge >= 0.3 is 0 Å². The van der Waals surface area contributed by atoms with Crippen molar-refractivity contribution in [2.24, 2.45) is 0 Å². The summed E-state index contributed by atoms with van der Waals surface area (Å²) in [5.41, 5.74) is 1.38. The van der Waals surface area contributed by atoms with Gasteiger partial charge in [0.2, 0.25) is 5.78 Å². The molecule has 106 valence electrons. The van der Waals surface area contributed by atoms with Gasteiger partial charge in [0, 0.05) is 27.1 Å². The first-order valence-corrected chi connectivity index (χ1v) is 7.33. The monoisotopic (exact) mass is 366 g/mol. The molecular weight excluding hydrogens is 359 g/mol. The number of ketones is 1. The Morgan fingerprint density at radius 3 is 2.71 bits per heavy atom. The minimum absolute atomic E-state index is 0.180. The summed E-state index contributed by atoms with van der Waals surface area (Å²) in [5.74, 6) is -0.543. The summed E-state index contributed by atoms with van der Waals surface area (Å²) < 4.78 is 19.5. The number of halogens is 3. The molecule has 0 spiro atoms. The maximum Gasteiger partial charge on any atom is 0.229 e. The Balaban J connectivity index is 2.15. The standard InChI is InChI=1S/C16H9BrClFO2/c1-8-11-5-3-10(19)7-14(11)21-16(8)15(20)12-4-2-9(17)6-13(12)18/h2-7H,1H3. The van der Waals surface area contributed by atoms with Crippen molar-refractivity contribution in [3.63, 3.8) is 0 Å². The third kappa shape index (κ3) is 2.49. The van der Waals surface area contributed by atoms with Gasteiger partial charge in [-0.15, -0.1) is 0 Å². The molecule has 0 radical (unpaired) electrons. The average Bonchev–Trinajstić information content (AvgIpc) is 2.75. The highest BCUT2D eigenvalue weighted by atomic mass is 79.9. The van der Waals surface area contributed by atoms with Crippen molar-refractivity contribution in [2.75, 3.05) is 0 Å². The van der Waals surface area contributed by atoms with Gasteiger partial charge in [0.05, 0.1) is 5.02 Å². The normalized spacial score (nSPS) is 11.0. The van der Waals surface area contributed by atoms with Crippen LogP contribution in [0.5, 0.6) is 0 Å². The van der Waals surface area contributed by atoms with Crippen molar-refractivity contribution in [2.45, 2.75) is 6.92 Å². The van der Waals surface area contributed by atoms with E-state index in [0.29, 0.717) is 27.1 Å². The Morgan fingerprint density at radius 1 is 1.24 bits per heavy atom. The first-order chi connectivity index (χ1) is 9.97. The molecule has 0 saturated heterocycles. The predicted octanol–water partition coefficient (Wildman–Crippen LogP) is 5.53. The highest BCUT2D eigenvalue weighted by molar-refractivity contribution is 9.10. The van der Waals surface area contributed by atoms with Crippen LogP contribution in [0.3, 0.4) is 0 Å². The van der Waals surface area contributed by atoms with E-state index in [1.807, 2.05) is 0 Å². The SMILES string of the molecule is Cc1c(C(=O)c2ccc(Br)cc2Cl)oc2cc(F)ccc12. The Hall–Kier alpha value is -1.65. The number of hydrogen-bond acceptors (Lipinski definition) is 2. The van der Waals surface area contributed by atoms with Crippen LogP contribution in [0.25, 0.3) is 11.0 Å². The van der Waals surface area contributed by atoms with Gasteiger partial charge in [0.25, 0.3) is 0 Å². The highest BCUT2D eigenvalue weighted by Gasteiger charge is 2.21. The van der Waals surface area contributed by atoms with Gasteiger partial charge in [-0.25, -0.2) is 4.39 Å². The largest absolute Gasteiger partial charge is 0.452 e. The molecule has 0 aliphatic carbocycles. The van der Waals surface area contributed by atoms with Crippen molar-refractivity contribution >= 4 is 44.3 Å². The van der Waals surface area contributed by atoms with Gasteiger partial charge in [0.1, 0.15) is 11.4 Å². The van der Waals surface area contributed by atoms with Gasteiger partial charge in [-0.05, 0) is 37.3 Å². The van der Waals surface area contributed by atoms with Crippen molar-refractivity contribution < 1.29 is 13.6 Å². The molecule has 1 heterocycles. The second-order valence-corrected chi connectivity index (χ2v) is 5.97. The van der Waals surface area contributed by atoms with Gasteiger partial charge in [-0.2, -0.15) is 0 Å². The van der Waals surface area contributed by atoms with Crippen LogP contribution in [-0.2, 0) is 0 Å². The van der Waals surface area contributed by atoms with E-state index in [0.717, 1.165) is 4.47 Å². The summed E-state index contributed by atoms with van der Waals surface area (Å²) in [7, 11) is 0. The number of benzene rings is 2. The van der Waals surface area contributed by atoms with Crippen LogP contribution in [-0.4, -0.2) is 5.78 Å². The first-order valence-electron chi connectivity index (χ1n) is 6.16. The average molecular weight is 368 g/mol. The molecule has 2 nitrogen and oxygen atoms in total. The second-order valence-electron chi connectivity index (χ2n) is 4.65. The van der Waals surface area contributed by atoms with Crippen molar-refractivity contribution in [3.05, 3.63) is 68.6 Å². The molecule has 0 aliphatic heterocycles. The van der Waals surface area contributed by atoms with Crippen molar-refractivity contribution in [1.29, 1.82) is 0 Å². The zero-order chi connectivity index (χ0) is 15.1. The zero-order valence-corrected chi connectivity index (χ0v) is 13.3. The molecule has 2 aromatic carbocycles.